The number of rotatable bonds is 4. The SMILES string of the molecule is N#CC(C#N)=C1C2C(c3ccccc3)=CC(=C(C#N)C#N)C2C2(c3ccccc3)C(c3ccccc3)=C(c3ccccc3)C12. The summed E-state index contributed by atoms with van der Waals surface area (Å²) in [6.07, 6.45) is 1.98. The van der Waals surface area contributed by atoms with Crippen LogP contribution in [0.4, 0.5) is 0 Å². The standard InChI is InChI=1S/C40H24N4/c41-22-29(23-42)33-21-32(26-13-5-1-6-14-26)36-34(30(24-43)25-44)39-35(27-15-7-2-8-16-27)37(28-17-9-3-10-18-28)40(39,38(33)36)31-19-11-4-12-20-31/h1-21,36,38-39H. The van der Waals surface area contributed by atoms with Crippen molar-refractivity contribution in [3.63, 3.8) is 0 Å². The Morgan fingerprint density at radius 1 is 0.545 bits per heavy atom. The summed E-state index contributed by atoms with van der Waals surface area (Å²) < 4.78 is 0. The molecule has 0 aromatic heterocycles. The van der Waals surface area contributed by atoms with E-state index in [1.165, 1.54) is 0 Å². The van der Waals surface area contributed by atoms with Crippen molar-refractivity contribution in [1.29, 1.82) is 21.0 Å². The van der Waals surface area contributed by atoms with Gasteiger partial charge in [0, 0.05) is 23.2 Å². The number of nitriles is 4. The predicted octanol–water partition coefficient (Wildman–Crippen LogP) is 8.20. The van der Waals surface area contributed by atoms with Crippen LogP contribution in [0, 0.1) is 63.1 Å². The Labute approximate surface area is 256 Å². The molecule has 0 bridgehead atoms. The molecule has 204 valence electrons. The van der Waals surface area contributed by atoms with Gasteiger partial charge in [0.25, 0.3) is 0 Å². The lowest BCUT2D eigenvalue weighted by molar-refractivity contribution is 0.378. The van der Waals surface area contributed by atoms with Gasteiger partial charge in [-0.05, 0) is 50.1 Å². The Bertz CT molecular complexity index is 2060. The molecule has 4 atom stereocenters. The number of hydrogen-bond donors (Lipinski definition) is 0. The monoisotopic (exact) mass is 560 g/mol. The third-order valence-corrected chi connectivity index (χ3v) is 9.41. The molecule has 3 aliphatic rings. The summed E-state index contributed by atoms with van der Waals surface area (Å²) in [5.74, 6) is -1.13. The molecule has 4 heteroatoms. The highest BCUT2D eigenvalue weighted by Gasteiger charge is 2.71. The van der Waals surface area contributed by atoms with Crippen LogP contribution in [0.5, 0.6) is 0 Å². The van der Waals surface area contributed by atoms with E-state index >= 15 is 0 Å². The second kappa shape index (κ2) is 10.6. The summed E-state index contributed by atoms with van der Waals surface area (Å²) >= 11 is 0. The first-order valence-corrected chi connectivity index (χ1v) is 14.5. The highest BCUT2D eigenvalue weighted by Crippen LogP contribution is 2.77. The van der Waals surface area contributed by atoms with Crippen LogP contribution in [0.1, 0.15) is 22.3 Å². The van der Waals surface area contributed by atoms with Crippen molar-refractivity contribution in [2.24, 2.45) is 17.8 Å². The predicted molar refractivity (Wildman–Crippen MR) is 169 cm³/mol. The molecule has 4 unspecified atom stereocenters. The Morgan fingerprint density at radius 2 is 1.02 bits per heavy atom. The van der Waals surface area contributed by atoms with Crippen LogP contribution in [0.2, 0.25) is 0 Å². The summed E-state index contributed by atoms with van der Waals surface area (Å²) in [4.78, 5) is 0. The molecule has 1 fully saturated rings. The lowest BCUT2D eigenvalue weighted by atomic mass is 9.48. The quantitative estimate of drug-likeness (QED) is 0.235. The second-order valence-corrected chi connectivity index (χ2v) is 11.2. The molecule has 0 aliphatic heterocycles. The van der Waals surface area contributed by atoms with Crippen molar-refractivity contribution in [2.75, 3.05) is 0 Å². The summed E-state index contributed by atoms with van der Waals surface area (Å²) in [7, 11) is 0. The topological polar surface area (TPSA) is 95.2 Å². The van der Waals surface area contributed by atoms with E-state index < -0.39 is 17.3 Å². The van der Waals surface area contributed by atoms with Gasteiger partial charge >= 0.3 is 0 Å². The van der Waals surface area contributed by atoms with Crippen LogP contribution in [0.3, 0.4) is 0 Å². The van der Waals surface area contributed by atoms with Gasteiger partial charge in [-0.1, -0.05) is 127 Å². The Kier molecular flexibility index (Phi) is 6.41. The fourth-order valence-electron chi connectivity index (χ4n) is 8.00. The van der Waals surface area contributed by atoms with E-state index in [1.54, 1.807) is 0 Å². The van der Waals surface area contributed by atoms with Gasteiger partial charge in [-0.15, -0.1) is 0 Å². The fraction of sp³-hybridized carbons (Fsp3) is 0.100. The first kappa shape index (κ1) is 26.7. The zero-order valence-electron chi connectivity index (χ0n) is 23.6. The molecule has 0 heterocycles. The molecule has 0 spiro atoms. The normalized spacial score (nSPS) is 22.7. The number of benzene rings is 4. The second-order valence-electron chi connectivity index (χ2n) is 11.2. The third kappa shape index (κ3) is 3.60. The van der Waals surface area contributed by atoms with Crippen molar-refractivity contribution in [3.8, 4) is 24.3 Å². The summed E-state index contributed by atoms with van der Waals surface area (Å²) in [5.41, 5.74) is 7.88. The van der Waals surface area contributed by atoms with Crippen molar-refractivity contribution in [2.45, 2.75) is 5.41 Å². The van der Waals surface area contributed by atoms with E-state index in [-0.39, 0.29) is 17.1 Å². The van der Waals surface area contributed by atoms with Crippen LogP contribution in [0.15, 0.2) is 150 Å². The first-order chi connectivity index (χ1) is 21.7. The molecule has 0 radical (unpaired) electrons. The molecule has 7 rings (SSSR count). The fourth-order valence-corrected chi connectivity index (χ4v) is 8.00. The van der Waals surface area contributed by atoms with Crippen LogP contribution >= 0.6 is 0 Å². The summed E-state index contributed by atoms with van der Waals surface area (Å²) in [6.45, 7) is 0. The molecular formula is C40H24N4. The van der Waals surface area contributed by atoms with E-state index in [2.05, 4.69) is 60.7 Å². The molecule has 0 amide bonds. The minimum Gasteiger partial charge on any atom is -0.192 e. The minimum atomic E-state index is -0.756. The molecule has 0 N–H and O–H groups in total. The zero-order chi connectivity index (χ0) is 30.3. The maximum absolute atomic E-state index is 10.5. The van der Waals surface area contributed by atoms with Crippen LogP contribution in [0.25, 0.3) is 16.7 Å². The van der Waals surface area contributed by atoms with Crippen molar-refractivity contribution < 1.29 is 0 Å². The Morgan fingerprint density at radius 3 is 1.55 bits per heavy atom. The Hall–Kier alpha value is -6.20. The average Bonchev–Trinajstić information content (AvgIpc) is 3.57. The third-order valence-electron chi connectivity index (χ3n) is 9.41. The smallest absolute Gasteiger partial charge is 0.133 e. The summed E-state index contributed by atoms with van der Waals surface area (Å²) in [6, 6.07) is 49.4. The van der Waals surface area contributed by atoms with Gasteiger partial charge in [-0.3, -0.25) is 0 Å². The average molecular weight is 561 g/mol. The van der Waals surface area contributed by atoms with Gasteiger partial charge in [-0.2, -0.15) is 21.0 Å². The van der Waals surface area contributed by atoms with Crippen LogP contribution in [-0.4, -0.2) is 0 Å². The van der Waals surface area contributed by atoms with Gasteiger partial charge in [0.05, 0.1) is 0 Å². The Balaban J connectivity index is 1.69. The van der Waals surface area contributed by atoms with E-state index in [0.717, 1.165) is 44.5 Å². The minimum absolute atomic E-state index is 0.0530. The number of nitrogens with zero attached hydrogens (tertiary/aromatic N) is 4. The van der Waals surface area contributed by atoms with E-state index in [0.29, 0.717) is 5.57 Å². The molecule has 44 heavy (non-hydrogen) atoms. The highest BCUT2D eigenvalue weighted by molar-refractivity contribution is 6.09. The molecule has 3 aliphatic carbocycles. The molecule has 0 saturated heterocycles. The van der Waals surface area contributed by atoms with E-state index in [4.69, 9.17) is 0 Å². The van der Waals surface area contributed by atoms with Crippen LogP contribution in [-0.2, 0) is 5.41 Å². The number of allylic oxidation sites excluding steroid dienone is 8. The number of fused-ring (bicyclic) bond motifs is 3. The molecule has 1 saturated carbocycles. The van der Waals surface area contributed by atoms with Gasteiger partial charge in [-0.25, -0.2) is 0 Å². The molecular weight excluding hydrogens is 536 g/mol. The lowest BCUT2D eigenvalue weighted by Gasteiger charge is -2.53. The lowest BCUT2D eigenvalue weighted by Crippen LogP contribution is -2.47. The van der Waals surface area contributed by atoms with Crippen molar-refractivity contribution in [3.05, 3.63) is 172 Å². The van der Waals surface area contributed by atoms with Gasteiger partial charge in [0.15, 0.2) is 0 Å². The van der Waals surface area contributed by atoms with Gasteiger partial charge in [0.1, 0.15) is 35.4 Å². The summed E-state index contributed by atoms with van der Waals surface area (Å²) in [5, 5.41) is 41.5. The van der Waals surface area contributed by atoms with E-state index in [9.17, 15) is 21.0 Å². The van der Waals surface area contributed by atoms with Gasteiger partial charge < -0.3 is 0 Å². The maximum atomic E-state index is 10.5. The largest absolute Gasteiger partial charge is 0.192 e. The maximum Gasteiger partial charge on any atom is 0.133 e. The zero-order valence-corrected chi connectivity index (χ0v) is 23.6. The number of hydrogen-bond acceptors (Lipinski definition) is 4. The van der Waals surface area contributed by atoms with Crippen molar-refractivity contribution in [1.82, 2.24) is 0 Å². The molecule has 4 nitrogen and oxygen atoms in total. The molecule has 4 aromatic carbocycles. The van der Waals surface area contributed by atoms with Gasteiger partial charge in [0.2, 0.25) is 0 Å². The first-order valence-electron chi connectivity index (χ1n) is 14.5. The molecule has 4 aromatic rings. The van der Waals surface area contributed by atoms with Crippen molar-refractivity contribution >= 4 is 16.7 Å². The van der Waals surface area contributed by atoms with Crippen LogP contribution < -0.4 is 0 Å². The highest BCUT2D eigenvalue weighted by atomic mass is 14.7. The van der Waals surface area contributed by atoms with E-state index in [1.807, 2.05) is 91.0 Å².